The summed E-state index contributed by atoms with van der Waals surface area (Å²) in [6.45, 7) is 7.44. The van der Waals surface area contributed by atoms with Gasteiger partial charge in [0.15, 0.2) is 19.0 Å². The van der Waals surface area contributed by atoms with Crippen LogP contribution in [0.1, 0.15) is 157 Å². The van der Waals surface area contributed by atoms with Gasteiger partial charge in [0, 0.05) is 36.8 Å². The predicted molar refractivity (Wildman–Crippen MR) is 191 cm³/mol. The summed E-state index contributed by atoms with van der Waals surface area (Å²) in [6, 6.07) is 4.77. The molecule has 0 spiro atoms. The van der Waals surface area contributed by atoms with Gasteiger partial charge in [0.05, 0.1) is 11.3 Å². The topological polar surface area (TPSA) is 81.5 Å². The lowest BCUT2D eigenvalue weighted by molar-refractivity contribution is -0.847. The monoisotopic (exact) mass is 679 g/mol. The van der Waals surface area contributed by atoms with Crippen LogP contribution >= 0.6 is 0 Å². The van der Waals surface area contributed by atoms with Gasteiger partial charge in [0.2, 0.25) is 11.3 Å². The third-order valence-corrected chi connectivity index (χ3v) is 10.8. The van der Waals surface area contributed by atoms with E-state index >= 15 is 0 Å². The molecule has 0 N–H and O–H groups in total. The molecule has 1 saturated heterocycles. The Bertz CT molecular complexity index is 1560. The maximum atomic E-state index is 13.7. The van der Waals surface area contributed by atoms with E-state index in [1.807, 2.05) is 20.0 Å². The van der Waals surface area contributed by atoms with Crippen LogP contribution in [0.2, 0.25) is 0 Å². The van der Waals surface area contributed by atoms with Crippen LogP contribution in [0.25, 0.3) is 11.0 Å². The van der Waals surface area contributed by atoms with Gasteiger partial charge in [-0.3, -0.25) is 14.2 Å². The standard InChI is InChI=1S/C40H60FN4O4/c1-4-5-6-7-8-9-10-11-12-13-14-15-16-19-37(46)48-35-18-17-25-45-39(35)42-30(2)33(40(45)47)24-28-44-26-22-31(23-27-44)38-34-21-20-32(41)29-36(34)49-43(38)3/h20-21,29,31,35H,4-19,22-28H2,1-3H3/q+1. The molecule has 4 heterocycles. The fourth-order valence-corrected chi connectivity index (χ4v) is 7.98. The number of unbranched alkanes of at least 4 members (excludes halogenated alkanes) is 12. The van der Waals surface area contributed by atoms with Crippen molar-refractivity contribution in [2.75, 3.05) is 19.6 Å². The second-order valence-corrected chi connectivity index (χ2v) is 14.6. The fourth-order valence-electron chi connectivity index (χ4n) is 7.98. The molecule has 49 heavy (non-hydrogen) atoms. The van der Waals surface area contributed by atoms with Crippen molar-refractivity contribution in [1.29, 1.82) is 0 Å². The first kappa shape index (κ1) is 37.2. The minimum atomic E-state index is -0.445. The molecule has 0 amide bonds. The maximum absolute atomic E-state index is 13.7. The van der Waals surface area contributed by atoms with Gasteiger partial charge in [-0.15, -0.1) is 0 Å². The Kier molecular flexibility index (Phi) is 14.3. The van der Waals surface area contributed by atoms with E-state index in [9.17, 15) is 14.0 Å². The van der Waals surface area contributed by atoms with Crippen LogP contribution in [0.3, 0.4) is 0 Å². The van der Waals surface area contributed by atoms with Crippen molar-refractivity contribution >= 4 is 16.9 Å². The van der Waals surface area contributed by atoms with Crippen LogP contribution < -0.4 is 10.3 Å². The van der Waals surface area contributed by atoms with E-state index in [0.29, 0.717) is 43.1 Å². The summed E-state index contributed by atoms with van der Waals surface area (Å²) in [5, 5.41) is 0.981. The average molecular weight is 680 g/mol. The summed E-state index contributed by atoms with van der Waals surface area (Å²) in [6.07, 6.45) is 20.7. The van der Waals surface area contributed by atoms with Gasteiger partial charge >= 0.3 is 5.97 Å². The van der Waals surface area contributed by atoms with Crippen LogP contribution in [-0.2, 0) is 29.5 Å². The summed E-state index contributed by atoms with van der Waals surface area (Å²) in [5.74, 6) is 0.486. The number of carbonyl (C=O) groups excluding carboxylic acids is 1. The molecule has 2 aliphatic heterocycles. The van der Waals surface area contributed by atoms with E-state index in [0.717, 1.165) is 74.1 Å². The number of fused-ring (bicyclic) bond motifs is 2. The van der Waals surface area contributed by atoms with Gasteiger partial charge < -0.3 is 9.64 Å². The highest BCUT2D eigenvalue weighted by molar-refractivity contribution is 5.78. The predicted octanol–water partition coefficient (Wildman–Crippen LogP) is 8.54. The van der Waals surface area contributed by atoms with E-state index < -0.39 is 6.10 Å². The molecule has 1 unspecified atom stereocenters. The first-order valence-corrected chi connectivity index (χ1v) is 19.5. The molecule has 5 rings (SSSR count). The minimum absolute atomic E-state index is 0.0127. The molecule has 2 aliphatic rings. The van der Waals surface area contributed by atoms with Crippen molar-refractivity contribution in [1.82, 2.24) is 14.5 Å². The number of rotatable bonds is 19. The number of likely N-dealkylation sites (tertiary alicyclic amines) is 1. The molecule has 0 aliphatic carbocycles. The number of aromatic nitrogens is 3. The van der Waals surface area contributed by atoms with E-state index in [4.69, 9.17) is 14.2 Å². The van der Waals surface area contributed by atoms with Gasteiger partial charge in [-0.25, -0.2) is 13.9 Å². The molecule has 2 aromatic heterocycles. The molecule has 0 bridgehead atoms. The lowest BCUT2D eigenvalue weighted by atomic mass is 9.91. The number of hydrogen-bond acceptors (Lipinski definition) is 6. The number of ether oxygens (including phenoxy) is 1. The van der Waals surface area contributed by atoms with Crippen molar-refractivity contribution in [3.05, 3.63) is 57.1 Å². The van der Waals surface area contributed by atoms with E-state index in [1.165, 1.54) is 82.8 Å². The highest BCUT2D eigenvalue weighted by Gasteiger charge is 2.32. The quantitative estimate of drug-likeness (QED) is 0.0718. The minimum Gasteiger partial charge on any atom is -0.454 e. The molecule has 1 fully saturated rings. The smallest absolute Gasteiger partial charge is 0.306 e. The summed E-state index contributed by atoms with van der Waals surface area (Å²) in [7, 11) is 1.89. The number of aryl methyl sites for hydroxylation is 2. The van der Waals surface area contributed by atoms with Gasteiger partial charge in [-0.1, -0.05) is 84.0 Å². The zero-order chi connectivity index (χ0) is 34.6. The first-order chi connectivity index (χ1) is 23.9. The number of carbonyl (C=O) groups is 1. The normalized spacial score (nSPS) is 17.1. The molecular formula is C40H60FN4O4+. The van der Waals surface area contributed by atoms with E-state index in [-0.39, 0.29) is 17.3 Å². The van der Waals surface area contributed by atoms with Crippen molar-refractivity contribution in [3.8, 4) is 0 Å². The molecule has 1 atom stereocenters. The van der Waals surface area contributed by atoms with Crippen LogP contribution in [-0.4, -0.2) is 40.1 Å². The molecule has 0 radical (unpaired) electrons. The van der Waals surface area contributed by atoms with Crippen molar-refractivity contribution in [2.24, 2.45) is 7.05 Å². The largest absolute Gasteiger partial charge is 0.454 e. The second kappa shape index (κ2) is 18.8. The van der Waals surface area contributed by atoms with Gasteiger partial charge in [0.1, 0.15) is 5.82 Å². The Hall–Kier alpha value is -3.07. The number of nitrogens with zero attached hydrogens (tertiary/aromatic N) is 4. The maximum Gasteiger partial charge on any atom is 0.306 e. The van der Waals surface area contributed by atoms with E-state index in [1.54, 1.807) is 9.31 Å². The highest BCUT2D eigenvalue weighted by Crippen LogP contribution is 2.32. The zero-order valence-electron chi connectivity index (χ0n) is 30.5. The Morgan fingerprint density at radius 2 is 1.61 bits per heavy atom. The van der Waals surface area contributed by atoms with Gasteiger partial charge in [-0.2, -0.15) is 0 Å². The third kappa shape index (κ3) is 10.2. The Morgan fingerprint density at radius 1 is 0.959 bits per heavy atom. The third-order valence-electron chi connectivity index (χ3n) is 10.8. The summed E-state index contributed by atoms with van der Waals surface area (Å²) >= 11 is 0. The number of esters is 1. The SMILES string of the molecule is CCCCCCCCCCCCCCCC(=O)OC1CCCn2c1nc(C)c(CCN1CCC(c3c4ccc(F)cc4o[n+]3C)CC1)c2=O. The van der Waals surface area contributed by atoms with Crippen molar-refractivity contribution < 1.29 is 23.2 Å². The van der Waals surface area contributed by atoms with Crippen LogP contribution in [0.4, 0.5) is 4.39 Å². The van der Waals surface area contributed by atoms with Crippen molar-refractivity contribution in [3.63, 3.8) is 0 Å². The Balaban J connectivity index is 1.03. The molecule has 8 nitrogen and oxygen atoms in total. The lowest BCUT2D eigenvalue weighted by Gasteiger charge is -2.30. The lowest BCUT2D eigenvalue weighted by Crippen LogP contribution is -2.40. The number of benzene rings is 1. The van der Waals surface area contributed by atoms with E-state index in [2.05, 4.69) is 11.8 Å². The Morgan fingerprint density at radius 3 is 2.29 bits per heavy atom. The molecule has 270 valence electrons. The van der Waals surface area contributed by atoms with Gasteiger partial charge in [0.25, 0.3) is 5.56 Å². The zero-order valence-corrected chi connectivity index (χ0v) is 30.5. The second-order valence-electron chi connectivity index (χ2n) is 14.6. The fraction of sp³-hybridized carbons (Fsp3) is 0.700. The number of halogens is 1. The Labute approximate surface area is 292 Å². The first-order valence-electron chi connectivity index (χ1n) is 19.5. The van der Waals surface area contributed by atoms with Gasteiger partial charge in [-0.05, 0) is 75.4 Å². The highest BCUT2D eigenvalue weighted by atomic mass is 19.1. The van der Waals surface area contributed by atoms with Crippen LogP contribution in [0.15, 0.2) is 27.5 Å². The average Bonchev–Trinajstić information content (AvgIpc) is 3.42. The molecule has 1 aromatic carbocycles. The summed E-state index contributed by atoms with van der Waals surface area (Å²) in [5.41, 5.74) is 3.23. The molecule has 0 saturated carbocycles. The van der Waals surface area contributed by atoms with Crippen LogP contribution in [0.5, 0.6) is 0 Å². The molecule has 9 heteroatoms. The summed E-state index contributed by atoms with van der Waals surface area (Å²) < 4.78 is 29.0. The number of piperidine rings is 1. The van der Waals surface area contributed by atoms with Crippen molar-refractivity contribution in [2.45, 2.75) is 154 Å². The number of hydrogen-bond donors (Lipinski definition) is 0. The molecule has 3 aromatic rings. The molecular weight excluding hydrogens is 619 g/mol. The van der Waals surface area contributed by atoms with Crippen LogP contribution in [0, 0.1) is 12.7 Å². The summed E-state index contributed by atoms with van der Waals surface area (Å²) in [4.78, 5) is 33.7.